The highest BCUT2D eigenvalue weighted by Crippen LogP contribution is 2.38. The van der Waals surface area contributed by atoms with Crippen LogP contribution in [-0.2, 0) is 28.6 Å². The summed E-state index contributed by atoms with van der Waals surface area (Å²) in [6.45, 7) is 6.90. The van der Waals surface area contributed by atoms with Crippen molar-refractivity contribution in [1.82, 2.24) is 5.32 Å². The SMILES string of the molecule is CC(C)(C)c1cccc(C2(NC[C@@H](O)[C@H](Cc3cc(F)cc(F)c3)Nc3ccc(CC(=O)O)cc3)CCCCC2)c1. The molecule has 220 valence electrons. The lowest BCUT2D eigenvalue weighted by Crippen LogP contribution is -2.50. The largest absolute Gasteiger partial charge is 0.481 e. The molecule has 2 atom stereocenters. The quantitative estimate of drug-likeness (QED) is 0.208. The number of benzene rings is 3. The van der Waals surface area contributed by atoms with Crippen LogP contribution in [0.1, 0.15) is 75.1 Å². The number of rotatable bonds is 11. The van der Waals surface area contributed by atoms with Crippen LogP contribution in [0.3, 0.4) is 0 Å². The zero-order valence-electron chi connectivity index (χ0n) is 24.2. The molecule has 0 saturated heterocycles. The van der Waals surface area contributed by atoms with Crippen molar-refractivity contribution in [2.75, 3.05) is 11.9 Å². The Morgan fingerprint density at radius 1 is 0.927 bits per heavy atom. The van der Waals surface area contributed by atoms with E-state index in [9.17, 15) is 18.7 Å². The Morgan fingerprint density at radius 3 is 2.20 bits per heavy atom. The van der Waals surface area contributed by atoms with Gasteiger partial charge in [-0.1, -0.05) is 76.4 Å². The number of carboxylic acids is 1. The smallest absolute Gasteiger partial charge is 0.307 e. The van der Waals surface area contributed by atoms with Crippen LogP contribution >= 0.6 is 0 Å². The first-order valence-electron chi connectivity index (χ1n) is 14.5. The predicted molar refractivity (Wildman–Crippen MR) is 159 cm³/mol. The molecular formula is C34H42F2N2O3. The van der Waals surface area contributed by atoms with Crippen LogP contribution in [-0.4, -0.2) is 34.9 Å². The number of carbonyl (C=O) groups is 1. The summed E-state index contributed by atoms with van der Waals surface area (Å²) in [7, 11) is 0. The standard InChI is InChI=1S/C34H42F2N2O3/c1-33(2,3)25-8-7-9-26(20-25)34(14-5-4-6-15-34)37-22-31(39)30(18-24-16-27(35)21-28(36)17-24)38-29-12-10-23(11-13-29)19-32(40)41/h7-13,16-17,20-21,30-31,37-39H,4-6,14-15,18-19,22H2,1-3H3,(H,40,41)/t30-,31+/m0/s1. The molecular weight excluding hydrogens is 522 g/mol. The first kappa shape index (κ1) is 30.7. The summed E-state index contributed by atoms with van der Waals surface area (Å²) in [6, 6.07) is 18.5. The Balaban J connectivity index is 1.57. The molecule has 7 heteroatoms. The van der Waals surface area contributed by atoms with Crippen LogP contribution in [0.4, 0.5) is 14.5 Å². The molecule has 5 nitrogen and oxygen atoms in total. The molecule has 4 N–H and O–H groups in total. The van der Waals surface area contributed by atoms with Gasteiger partial charge in [-0.05, 0) is 71.2 Å². The van der Waals surface area contributed by atoms with Gasteiger partial charge < -0.3 is 20.8 Å². The van der Waals surface area contributed by atoms with Crippen molar-refractivity contribution in [2.24, 2.45) is 0 Å². The van der Waals surface area contributed by atoms with E-state index >= 15 is 0 Å². The third-order valence-electron chi connectivity index (χ3n) is 8.14. The highest BCUT2D eigenvalue weighted by Gasteiger charge is 2.35. The minimum Gasteiger partial charge on any atom is -0.481 e. The summed E-state index contributed by atoms with van der Waals surface area (Å²) in [5, 5.41) is 27.7. The average Bonchev–Trinajstić information content (AvgIpc) is 2.92. The molecule has 1 fully saturated rings. The highest BCUT2D eigenvalue weighted by atomic mass is 19.1. The Hall–Kier alpha value is -3.29. The summed E-state index contributed by atoms with van der Waals surface area (Å²) in [6.07, 6.45) is 4.52. The first-order chi connectivity index (χ1) is 19.4. The normalized spacial score (nSPS) is 16.6. The van der Waals surface area contributed by atoms with Gasteiger partial charge in [0.15, 0.2) is 0 Å². The van der Waals surface area contributed by atoms with Gasteiger partial charge in [-0.15, -0.1) is 0 Å². The van der Waals surface area contributed by atoms with E-state index in [2.05, 4.69) is 55.7 Å². The molecule has 3 aromatic carbocycles. The maximum absolute atomic E-state index is 14.0. The maximum atomic E-state index is 14.0. The van der Waals surface area contributed by atoms with Crippen LogP contribution in [0, 0.1) is 11.6 Å². The van der Waals surface area contributed by atoms with E-state index in [1.807, 2.05) is 0 Å². The lowest BCUT2D eigenvalue weighted by molar-refractivity contribution is -0.136. The predicted octanol–water partition coefficient (Wildman–Crippen LogP) is 6.72. The van der Waals surface area contributed by atoms with Crippen LogP contribution in [0.2, 0.25) is 0 Å². The molecule has 0 aliphatic heterocycles. The number of aliphatic hydroxyl groups is 1. The minimum absolute atomic E-state index is 0.0145. The van der Waals surface area contributed by atoms with Crippen molar-refractivity contribution in [3.05, 3.63) is 101 Å². The molecule has 0 spiro atoms. The fourth-order valence-electron chi connectivity index (χ4n) is 5.82. The van der Waals surface area contributed by atoms with E-state index in [0.717, 1.165) is 31.7 Å². The molecule has 41 heavy (non-hydrogen) atoms. The van der Waals surface area contributed by atoms with Crippen molar-refractivity contribution in [1.29, 1.82) is 0 Å². The number of hydrogen-bond acceptors (Lipinski definition) is 4. The number of aliphatic hydroxyl groups excluding tert-OH is 1. The third-order valence-corrected chi connectivity index (χ3v) is 8.14. The minimum atomic E-state index is -0.914. The van der Waals surface area contributed by atoms with Gasteiger partial charge in [-0.25, -0.2) is 8.78 Å². The van der Waals surface area contributed by atoms with Gasteiger partial charge in [0.05, 0.1) is 18.6 Å². The molecule has 0 unspecified atom stereocenters. The molecule has 0 aromatic heterocycles. The van der Waals surface area contributed by atoms with E-state index in [1.165, 1.54) is 29.7 Å². The molecule has 0 bridgehead atoms. The fraction of sp³-hybridized carbons (Fsp3) is 0.441. The molecule has 0 amide bonds. The fourth-order valence-corrected chi connectivity index (χ4v) is 5.82. The summed E-state index contributed by atoms with van der Waals surface area (Å²) in [5.74, 6) is -2.24. The van der Waals surface area contributed by atoms with Gasteiger partial charge in [0.25, 0.3) is 0 Å². The number of aliphatic carboxylic acids is 1. The Labute approximate surface area is 242 Å². The summed E-state index contributed by atoms with van der Waals surface area (Å²) >= 11 is 0. The van der Waals surface area contributed by atoms with Gasteiger partial charge in [0, 0.05) is 23.8 Å². The van der Waals surface area contributed by atoms with E-state index in [1.54, 1.807) is 24.3 Å². The van der Waals surface area contributed by atoms with Crippen LogP contribution < -0.4 is 10.6 Å². The number of anilines is 1. The molecule has 1 saturated carbocycles. The topological polar surface area (TPSA) is 81.6 Å². The van der Waals surface area contributed by atoms with E-state index in [0.29, 0.717) is 16.8 Å². The zero-order chi connectivity index (χ0) is 29.6. The number of carboxylic acid groups (broad SMARTS) is 1. The lowest BCUT2D eigenvalue weighted by Gasteiger charge is -2.41. The molecule has 3 aromatic rings. The molecule has 4 rings (SSSR count). The van der Waals surface area contributed by atoms with Gasteiger partial charge in [0.2, 0.25) is 0 Å². The Morgan fingerprint density at radius 2 is 1.59 bits per heavy atom. The van der Waals surface area contributed by atoms with Gasteiger partial charge in [0.1, 0.15) is 11.6 Å². The average molecular weight is 565 g/mol. The van der Waals surface area contributed by atoms with E-state index in [4.69, 9.17) is 5.11 Å². The second kappa shape index (κ2) is 13.1. The highest BCUT2D eigenvalue weighted by molar-refractivity contribution is 5.70. The van der Waals surface area contributed by atoms with Crippen molar-refractivity contribution in [2.45, 2.75) is 88.8 Å². The van der Waals surface area contributed by atoms with Crippen LogP contribution in [0.15, 0.2) is 66.7 Å². The molecule has 0 heterocycles. The molecule has 1 aliphatic carbocycles. The van der Waals surface area contributed by atoms with Crippen molar-refractivity contribution in [3.63, 3.8) is 0 Å². The number of nitrogens with one attached hydrogen (secondary N) is 2. The maximum Gasteiger partial charge on any atom is 0.307 e. The monoisotopic (exact) mass is 564 g/mol. The Bertz CT molecular complexity index is 1290. The number of halogens is 2. The third kappa shape index (κ3) is 8.37. The first-order valence-corrected chi connectivity index (χ1v) is 14.5. The van der Waals surface area contributed by atoms with Gasteiger partial charge >= 0.3 is 5.97 Å². The second-order valence-electron chi connectivity index (χ2n) is 12.4. The second-order valence-corrected chi connectivity index (χ2v) is 12.4. The molecule has 0 radical (unpaired) electrons. The van der Waals surface area contributed by atoms with Crippen molar-refractivity contribution >= 4 is 11.7 Å². The summed E-state index contributed by atoms with van der Waals surface area (Å²) in [4.78, 5) is 11.1. The van der Waals surface area contributed by atoms with Gasteiger partial charge in [-0.2, -0.15) is 0 Å². The summed E-state index contributed by atoms with van der Waals surface area (Å²) in [5.41, 5.74) is 4.02. The van der Waals surface area contributed by atoms with Crippen LogP contribution in [0.25, 0.3) is 0 Å². The lowest BCUT2D eigenvalue weighted by atomic mass is 9.74. The van der Waals surface area contributed by atoms with Crippen molar-refractivity contribution in [3.8, 4) is 0 Å². The zero-order valence-corrected chi connectivity index (χ0v) is 24.2. The van der Waals surface area contributed by atoms with Gasteiger partial charge in [-0.3, -0.25) is 4.79 Å². The van der Waals surface area contributed by atoms with E-state index in [-0.39, 0.29) is 30.3 Å². The van der Waals surface area contributed by atoms with E-state index < -0.39 is 29.7 Å². The molecule has 1 aliphatic rings. The number of hydrogen-bond donors (Lipinski definition) is 4. The van der Waals surface area contributed by atoms with Crippen LogP contribution in [0.5, 0.6) is 0 Å². The summed E-state index contributed by atoms with van der Waals surface area (Å²) < 4.78 is 28.0. The van der Waals surface area contributed by atoms with Crippen molar-refractivity contribution < 1.29 is 23.8 Å². The Kier molecular flexibility index (Phi) is 9.82.